The number of nitrogens with zero attached hydrogens (tertiary/aromatic N) is 1. The van der Waals surface area contributed by atoms with E-state index < -0.39 is 12.1 Å². The number of rotatable bonds is 9. The first-order valence-corrected chi connectivity index (χ1v) is 11.3. The van der Waals surface area contributed by atoms with Crippen LogP contribution in [0.25, 0.3) is 10.8 Å². The Morgan fingerprint density at radius 1 is 0.912 bits per heavy atom. The Balaban J connectivity index is 1.25. The number of ether oxygens (including phenoxy) is 1. The van der Waals surface area contributed by atoms with Crippen LogP contribution >= 0.6 is 0 Å². The van der Waals surface area contributed by atoms with Crippen LogP contribution in [0.4, 0.5) is 0 Å². The molecule has 0 radical (unpaired) electrons. The lowest BCUT2D eigenvalue weighted by Gasteiger charge is -2.27. The average molecular weight is 459 g/mol. The van der Waals surface area contributed by atoms with E-state index in [0.717, 1.165) is 10.9 Å². The van der Waals surface area contributed by atoms with Gasteiger partial charge in [0.2, 0.25) is 0 Å². The van der Waals surface area contributed by atoms with Crippen molar-refractivity contribution in [2.24, 2.45) is 0 Å². The fraction of sp³-hybridized carbons (Fsp3) is 0.259. The molecule has 0 fully saturated rings. The van der Waals surface area contributed by atoms with Crippen molar-refractivity contribution in [3.05, 3.63) is 83.4 Å². The Morgan fingerprint density at radius 3 is 2.21 bits per heavy atom. The van der Waals surface area contributed by atoms with Crippen molar-refractivity contribution < 1.29 is 23.9 Å². The van der Waals surface area contributed by atoms with E-state index in [9.17, 15) is 19.2 Å². The zero-order valence-electron chi connectivity index (χ0n) is 19.0. The molecule has 3 aromatic carbocycles. The molecule has 0 aliphatic carbocycles. The second-order valence-corrected chi connectivity index (χ2v) is 8.23. The first kappa shape index (κ1) is 23.2. The van der Waals surface area contributed by atoms with Crippen LogP contribution in [0, 0.1) is 0 Å². The van der Waals surface area contributed by atoms with Gasteiger partial charge in [0.1, 0.15) is 0 Å². The van der Waals surface area contributed by atoms with Gasteiger partial charge in [-0.05, 0) is 42.8 Å². The number of imide groups is 1. The number of hydrogen-bond donors (Lipinski definition) is 1. The summed E-state index contributed by atoms with van der Waals surface area (Å²) in [4.78, 5) is 51.4. The maximum absolute atomic E-state index is 12.9. The monoisotopic (exact) mass is 458 g/mol. The van der Waals surface area contributed by atoms with Crippen LogP contribution in [0.3, 0.4) is 0 Å². The highest BCUT2D eigenvalue weighted by atomic mass is 16.5. The molecule has 1 aliphatic rings. The molecule has 0 saturated heterocycles. The minimum Gasteiger partial charge on any atom is -0.453 e. The Hall–Kier alpha value is -4.00. The zero-order chi connectivity index (χ0) is 24.1. The molecule has 0 spiro atoms. The molecule has 4 rings (SSSR count). The number of hydrogen-bond acceptors (Lipinski definition) is 5. The van der Waals surface area contributed by atoms with E-state index in [1.807, 2.05) is 42.5 Å². The molecule has 0 bridgehead atoms. The summed E-state index contributed by atoms with van der Waals surface area (Å²) in [5.74, 6) is -1.65. The lowest BCUT2D eigenvalue weighted by Crippen LogP contribution is -2.41. The van der Waals surface area contributed by atoms with Crippen LogP contribution in [0.2, 0.25) is 0 Å². The fourth-order valence-corrected chi connectivity index (χ4v) is 4.09. The van der Waals surface area contributed by atoms with Crippen LogP contribution in [0.5, 0.6) is 0 Å². The van der Waals surface area contributed by atoms with E-state index in [2.05, 4.69) is 5.32 Å². The van der Waals surface area contributed by atoms with Gasteiger partial charge in [0.15, 0.2) is 6.10 Å². The van der Waals surface area contributed by atoms with Crippen molar-refractivity contribution in [1.29, 1.82) is 0 Å². The molecule has 1 unspecified atom stereocenters. The van der Waals surface area contributed by atoms with Gasteiger partial charge in [-0.15, -0.1) is 0 Å². The largest absolute Gasteiger partial charge is 0.453 e. The van der Waals surface area contributed by atoms with E-state index in [4.69, 9.17) is 4.74 Å². The Kier molecular flexibility index (Phi) is 7.01. The van der Waals surface area contributed by atoms with E-state index in [1.54, 1.807) is 24.3 Å². The Morgan fingerprint density at radius 2 is 1.56 bits per heavy atom. The SMILES string of the molecule is CC(OC(=O)CCCN1C(=O)c2cccc3cccc(c23)C1=O)C(=O)NCCc1ccccc1. The van der Waals surface area contributed by atoms with Gasteiger partial charge in [-0.2, -0.15) is 0 Å². The minimum atomic E-state index is -0.925. The van der Waals surface area contributed by atoms with Crippen molar-refractivity contribution in [2.75, 3.05) is 13.1 Å². The van der Waals surface area contributed by atoms with Crippen molar-refractivity contribution >= 4 is 34.5 Å². The van der Waals surface area contributed by atoms with Crippen LogP contribution in [-0.2, 0) is 20.7 Å². The molecule has 0 saturated carbocycles. The molecule has 7 nitrogen and oxygen atoms in total. The smallest absolute Gasteiger partial charge is 0.306 e. The fourth-order valence-electron chi connectivity index (χ4n) is 4.09. The summed E-state index contributed by atoms with van der Waals surface area (Å²) in [6.45, 7) is 2.05. The van der Waals surface area contributed by atoms with Gasteiger partial charge in [0, 0.05) is 36.0 Å². The summed E-state index contributed by atoms with van der Waals surface area (Å²) in [7, 11) is 0. The van der Waals surface area contributed by atoms with Crippen molar-refractivity contribution in [1.82, 2.24) is 10.2 Å². The van der Waals surface area contributed by atoms with Crippen LogP contribution < -0.4 is 5.32 Å². The maximum Gasteiger partial charge on any atom is 0.306 e. The van der Waals surface area contributed by atoms with Gasteiger partial charge >= 0.3 is 5.97 Å². The van der Waals surface area contributed by atoms with Gasteiger partial charge in [0.05, 0.1) is 0 Å². The third-order valence-corrected chi connectivity index (χ3v) is 5.85. The number of carbonyl (C=O) groups is 4. The van der Waals surface area contributed by atoms with E-state index >= 15 is 0 Å². The van der Waals surface area contributed by atoms with E-state index in [1.165, 1.54) is 11.8 Å². The van der Waals surface area contributed by atoms with Crippen LogP contribution in [-0.4, -0.2) is 47.8 Å². The first-order chi connectivity index (χ1) is 16.5. The second kappa shape index (κ2) is 10.3. The van der Waals surface area contributed by atoms with Gasteiger partial charge < -0.3 is 10.1 Å². The second-order valence-electron chi connectivity index (χ2n) is 8.23. The summed E-state index contributed by atoms with van der Waals surface area (Å²) in [6.07, 6.45) is -0.00503. The van der Waals surface area contributed by atoms with Gasteiger partial charge in [-0.25, -0.2) is 0 Å². The van der Waals surface area contributed by atoms with E-state index in [-0.39, 0.29) is 37.1 Å². The predicted molar refractivity (Wildman–Crippen MR) is 127 cm³/mol. The Labute approximate surface area is 197 Å². The average Bonchev–Trinajstić information content (AvgIpc) is 2.85. The quantitative estimate of drug-likeness (QED) is 0.391. The topological polar surface area (TPSA) is 92.8 Å². The molecule has 1 N–H and O–H groups in total. The minimum absolute atomic E-state index is 0.00938. The predicted octanol–water partition coefficient (Wildman–Crippen LogP) is 3.51. The number of benzene rings is 3. The normalized spacial score (nSPS) is 13.6. The number of nitrogens with one attached hydrogen (secondary N) is 1. The van der Waals surface area contributed by atoms with Crippen LogP contribution in [0.1, 0.15) is 46.0 Å². The molecular formula is C27H26N2O5. The lowest BCUT2D eigenvalue weighted by molar-refractivity contribution is -0.154. The third kappa shape index (κ3) is 4.98. The zero-order valence-corrected chi connectivity index (χ0v) is 19.0. The summed E-state index contributed by atoms with van der Waals surface area (Å²) in [6, 6.07) is 20.5. The maximum atomic E-state index is 12.9. The number of esters is 1. The highest BCUT2D eigenvalue weighted by Crippen LogP contribution is 2.30. The lowest BCUT2D eigenvalue weighted by atomic mass is 9.94. The molecule has 3 amide bonds. The van der Waals surface area contributed by atoms with Gasteiger partial charge in [-0.1, -0.05) is 54.6 Å². The highest BCUT2D eigenvalue weighted by Gasteiger charge is 2.32. The molecule has 3 aromatic rings. The standard InChI is InChI=1S/C27H26N2O5/c1-18(25(31)28-16-15-19-8-3-2-4-9-19)34-23(30)14-7-17-29-26(32)21-12-5-10-20-11-6-13-22(24(20)21)27(29)33/h2-6,8-13,18H,7,14-17H2,1H3,(H,28,31). The van der Waals surface area contributed by atoms with Crippen molar-refractivity contribution in [2.45, 2.75) is 32.3 Å². The summed E-state index contributed by atoms with van der Waals surface area (Å²) >= 11 is 0. The number of amides is 3. The Bertz CT molecular complexity index is 1190. The molecular weight excluding hydrogens is 432 g/mol. The molecule has 1 heterocycles. The highest BCUT2D eigenvalue weighted by molar-refractivity contribution is 6.25. The first-order valence-electron chi connectivity index (χ1n) is 11.3. The van der Waals surface area contributed by atoms with Crippen molar-refractivity contribution in [3.63, 3.8) is 0 Å². The molecule has 34 heavy (non-hydrogen) atoms. The van der Waals surface area contributed by atoms with E-state index in [0.29, 0.717) is 29.5 Å². The molecule has 1 atom stereocenters. The summed E-state index contributed by atoms with van der Waals surface area (Å²) < 4.78 is 5.22. The third-order valence-electron chi connectivity index (χ3n) is 5.85. The summed E-state index contributed by atoms with van der Waals surface area (Å²) in [5.41, 5.74) is 2.07. The molecule has 0 aromatic heterocycles. The van der Waals surface area contributed by atoms with Gasteiger partial charge in [0.25, 0.3) is 17.7 Å². The summed E-state index contributed by atoms with van der Waals surface area (Å²) in [5, 5.41) is 4.27. The molecule has 7 heteroatoms. The molecule has 174 valence electrons. The number of carbonyl (C=O) groups excluding carboxylic acids is 4. The van der Waals surface area contributed by atoms with Crippen LogP contribution in [0.15, 0.2) is 66.7 Å². The van der Waals surface area contributed by atoms with Crippen molar-refractivity contribution in [3.8, 4) is 0 Å². The van der Waals surface area contributed by atoms with Gasteiger partial charge in [-0.3, -0.25) is 24.1 Å². The molecule has 1 aliphatic heterocycles.